The fourth-order valence-electron chi connectivity index (χ4n) is 3.01. The van der Waals surface area contributed by atoms with Gasteiger partial charge in [-0.25, -0.2) is 4.79 Å². The van der Waals surface area contributed by atoms with Gasteiger partial charge < -0.3 is 18.6 Å². The molecule has 1 atom stereocenters. The summed E-state index contributed by atoms with van der Waals surface area (Å²) >= 11 is 0. The van der Waals surface area contributed by atoms with Crippen molar-refractivity contribution in [1.82, 2.24) is 0 Å². The second-order valence-corrected chi connectivity index (χ2v) is 7.09. The van der Waals surface area contributed by atoms with Crippen LogP contribution in [0.3, 0.4) is 0 Å². The minimum atomic E-state index is -0.632. The number of hydrogen-bond acceptors (Lipinski definition) is 6. The van der Waals surface area contributed by atoms with Gasteiger partial charge in [0, 0.05) is 0 Å². The van der Waals surface area contributed by atoms with Gasteiger partial charge in [0.05, 0.1) is 7.11 Å². The van der Waals surface area contributed by atoms with Gasteiger partial charge in [-0.3, -0.25) is 4.79 Å². The van der Waals surface area contributed by atoms with Crippen molar-refractivity contribution in [3.8, 4) is 11.5 Å². The third kappa shape index (κ3) is 5.29. The molecule has 0 radical (unpaired) electrons. The molecule has 1 unspecified atom stereocenters. The Morgan fingerprint density at radius 2 is 1.67 bits per heavy atom. The highest BCUT2D eigenvalue weighted by Gasteiger charge is 2.30. The first-order valence-electron chi connectivity index (χ1n) is 9.64. The zero-order chi connectivity index (χ0) is 21.5. The van der Waals surface area contributed by atoms with Crippen LogP contribution in [-0.4, -0.2) is 19.0 Å². The highest BCUT2D eigenvalue weighted by Crippen LogP contribution is 2.29. The number of hydrogen-bond donors (Lipinski definition) is 0. The van der Waals surface area contributed by atoms with E-state index in [1.165, 1.54) is 13.2 Å². The average Bonchev–Trinajstić information content (AvgIpc) is 3.22. The summed E-state index contributed by atoms with van der Waals surface area (Å²) in [6.07, 6.45) is 0. The minimum Gasteiger partial charge on any atom is -0.463 e. The van der Waals surface area contributed by atoms with Crippen LogP contribution in [0.2, 0.25) is 0 Å². The Bertz CT molecular complexity index is 990. The van der Waals surface area contributed by atoms with Gasteiger partial charge in [-0.1, -0.05) is 44.2 Å². The number of esters is 2. The molecule has 2 aromatic carbocycles. The lowest BCUT2D eigenvalue weighted by Gasteiger charge is -2.17. The number of benzene rings is 2. The van der Waals surface area contributed by atoms with Crippen LogP contribution in [0.15, 0.2) is 71.1 Å². The molecule has 30 heavy (non-hydrogen) atoms. The van der Waals surface area contributed by atoms with E-state index in [-0.39, 0.29) is 18.3 Å². The number of ether oxygens (including phenoxy) is 3. The van der Waals surface area contributed by atoms with Crippen LogP contribution < -0.4 is 4.74 Å². The topological polar surface area (TPSA) is 75.0 Å². The summed E-state index contributed by atoms with van der Waals surface area (Å²) in [6, 6.07) is 19.9. The SMILES string of the molecule is COC(=O)c1ccc(C(C(=O)OCc2cccc(Oc3ccccc3)c2)C(C)C)o1. The second kappa shape index (κ2) is 9.78. The van der Waals surface area contributed by atoms with E-state index in [1.54, 1.807) is 6.07 Å². The van der Waals surface area contributed by atoms with Crippen LogP contribution in [0.1, 0.15) is 41.6 Å². The maximum atomic E-state index is 12.8. The quantitative estimate of drug-likeness (QED) is 0.468. The monoisotopic (exact) mass is 408 g/mol. The van der Waals surface area contributed by atoms with Gasteiger partial charge in [0.2, 0.25) is 5.76 Å². The predicted octanol–water partition coefficient (Wildman–Crippen LogP) is 5.34. The van der Waals surface area contributed by atoms with E-state index in [9.17, 15) is 9.59 Å². The first-order chi connectivity index (χ1) is 14.5. The summed E-state index contributed by atoms with van der Waals surface area (Å²) in [7, 11) is 1.27. The van der Waals surface area contributed by atoms with Gasteiger partial charge in [0.15, 0.2) is 0 Å². The lowest BCUT2D eigenvalue weighted by atomic mass is 9.93. The predicted molar refractivity (Wildman–Crippen MR) is 110 cm³/mol. The molecule has 0 aliphatic carbocycles. The molecule has 0 aliphatic heterocycles. The van der Waals surface area contributed by atoms with E-state index in [2.05, 4.69) is 4.74 Å². The van der Waals surface area contributed by atoms with Crippen molar-refractivity contribution in [2.45, 2.75) is 26.4 Å². The Kier molecular flexibility index (Phi) is 6.91. The lowest BCUT2D eigenvalue weighted by Crippen LogP contribution is -2.20. The molecule has 0 saturated carbocycles. The Morgan fingerprint density at radius 3 is 2.37 bits per heavy atom. The van der Waals surface area contributed by atoms with Crippen LogP contribution >= 0.6 is 0 Å². The first-order valence-corrected chi connectivity index (χ1v) is 9.64. The molecule has 1 aromatic heterocycles. The van der Waals surface area contributed by atoms with E-state index >= 15 is 0 Å². The molecule has 3 rings (SSSR count). The lowest BCUT2D eigenvalue weighted by molar-refractivity contribution is -0.148. The molecule has 156 valence electrons. The highest BCUT2D eigenvalue weighted by atomic mass is 16.5. The number of methoxy groups -OCH3 is 1. The Labute approximate surface area is 175 Å². The maximum absolute atomic E-state index is 12.8. The third-order valence-electron chi connectivity index (χ3n) is 4.50. The fourth-order valence-corrected chi connectivity index (χ4v) is 3.01. The summed E-state index contributed by atoms with van der Waals surface area (Å²) in [4.78, 5) is 24.4. The van der Waals surface area contributed by atoms with Crippen molar-refractivity contribution in [2.75, 3.05) is 7.11 Å². The first kappa shape index (κ1) is 21.2. The molecule has 6 heteroatoms. The molecule has 0 saturated heterocycles. The van der Waals surface area contributed by atoms with Crippen LogP contribution in [0, 0.1) is 5.92 Å². The zero-order valence-corrected chi connectivity index (χ0v) is 17.2. The van der Waals surface area contributed by atoms with Crippen LogP contribution in [0.5, 0.6) is 11.5 Å². The summed E-state index contributed by atoms with van der Waals surface area (Å²) < 4.78 is 21.5. The molecule has 0 aliphatic rings. The maximum Gasteiger partial charge on any atom is 0.373 e. The van der Waals surface area contributed by atoms with E-state index in [0.717, 1.165) is 11.3 Å². The summed E-state index contributed by atoms with van der Waals surface area (Å²) in [5, 5.41) is 0. The number of carbonyl (C=O) groups is 2. The van der Waals surface area contributed by atoms with Crippen molar-refractivity contribution < 1.29 is 28.2 Å². The van der Waals surface area contributed by atoms with E-state index in [0.29, 0.717) is 11.5 Å². The number of para-hydroxylation sites is 1. The van der Waals surface area contributed by atoms with Crippen LogP contribution in [0.25, 0.3) is 0 Å². The standard InChI is InChI=1S/C24H24O6/c1-16(2)22(20-12-13-21(30-20)23(25)27-3)24(26)28-15-17-8-7-11-19(14-17)29-18-9-5-4-6-10-18/h4-14,16,22H,15H2,1-3H3. The Morgan fingerprint density at radius 1 is 0.933 bits per heavy atom. The van der Waals surface area contributed by atoms with Crippen molar-refractivity contribution in [2.24, 2.45) is 5.92 Å². The number of furan rings is 1. The van der Waals surface area contributed by atoms with Crippen LogP contribution in [0.4, 0.5) is 0 Å². The van der Waals surface area contributed by atoms with Crippen molar-refractivity contribution in [1.29, 1.82) is 0 Å². The normalized spacial score (nSPS) is 11.7. The molecule has 6 nitrogen and oxygen atoms in total. The van der Waals surface area contributed by atoms with E-state index in [1.807, 2.05) is 68.4 Å². The summed E-state index contributed by atoms with van der Waals surface area (Å²) in [5.41, 5.74) is 0.800. The average molecular weight is 408 g/mol. The van der Waals surface area contributed by atoms with Crippen LogP contribution in [-0.2, 0) is 20.9 Å². The summed E-state index contributed by atoms with van der Waals surface area (Å²) in [5.74, 6) is 0.0782. The zero-order valence-electron chi connectivity index (χ0n) is 17.2. The van der Waals surface area contributed by atoms with Crippen molar-refractivity contribution >= 4 is 11.9 Å². The molecular formula is C24H24O6. The Hall–Kier alpha value is -3.54. The van der Waals surface area contributed by atoms with E-state index < -0.39 is 17.9 Å². The second-order valence-electron chi connectivity index (χ2n) is 7.09. The number of carbonyl (C=O) groups excluding carboxylic acids is 2. The molecule has 0 amide bonds. The molecule has 0 bridgehead atoms. The largest absolute Gasteiger partial charge is 0.463 e. The van der Waals surface area contributed by atoms with E-state index in [4.69, 9.17) is 13.9 Å². The molecule has 1 heterocycles. The van der Waals surface area contributed by atoms with Gasteiger partial charge in [-0.05, 0) is 47.9 Å². The third-order valence-corrected chi connectivity index (χ3v) is 4.50. The number of rotatable bonds is 8. The van der Waals surface area contributed by atoms with Gasteiger partial charge in [-0.2, -0.15) is 0 Å². The molecule has 0 N–H and O–H groups in total. The summed E-state index contributed by atoms with van der Waals surface area (Å²) in [6.45, 7) is 3.87. The van der Waals surface area contributed by atoms with Gasteiger partial charge in [0.1, 0.15) is 29.8 Å². The van der Waals surface area contributed by atoms with Crippen molar-refractivity contribution in [3.63, 3.8) is 0 Å². The van der Waals surface area contributed by atoms with Crippen molar-refractivity contribution in [3.05, 3.63) is 83.8 Å². The Balaban J connectivity index is 1.66. The fraction of sp³-hybridized carbons (Fsp3) is 0.250. The van der Waals surface area contributed by atoms with Gasteiger partial charge >= 0.3 is 11.9 Å². The smallest absolute Gasteiger partial charge is 0.373 e. The molecular weight excluding hydrogens is 384 g/mol. The minimum absolute atomic E-state index is 0.0525. The highest BCUT2D eigenvalue weighted by molar-refractivity contribution is 5.86. The molecule has 0 fully saturated rings. The van der Waals surface area contributed by atoms with Gasteiger partial charge in [0.25, 0.3) is 0 Å². The molecule has 3 aromatic rings. The molecule has 0 spiro atoms. The van der Waals surface area contributed by atoms with Gasteiger partial charge in [-0.15, -0.1) is 0 Å².